The zero-order valence-corrected chi connectivity index (χ0v) is 14.6. The minimum Gasteiger partial charge on any atom is -0.352 e. The molecule has 1 N–H and O–H groups in total. The number of aromatic nitrogens is 2. The molecule has 0 bridgehead atoms. The largest absolute Gasteiger partial charge is 0.352 e. The number of hydrogen-bond acceptors (Lipinski definition) is 3. The van der Waals surface area contributed by atoms with Crippen molar-refractivity contribution < 1.29 is 9.59 Å². The molecule has 1 saturated heterocycles. The summed E-state index contributed by atoms with van der Waals surface area (Å²) in [4.78, 5) is 26.1. The van der Waals surface area contributed by atoms with Crippen molar-refractivity contribution >= 4 is 11.8 Å². The van der Waals surface area contributed by atoms with Gasteiger partial charge in [-0.3, -0.25) is 14.3 Å². The molecule has 1 aliphatic heterocycles. The summed E-state index contributed by atoms with van der Waals surface area (Å²) in [6, 6.07) is 7.50. The number of rotatable bonds is 6. The lowest BCUT2D eigenvalue weighted by Crippen LogP contribution is -2.27. The number of nitrogens with zero attached hydrogens (tertiary/aromatic N) is 3. The standard InChI is InChI=1S/C19H24N4O2/c1-22-14-16(13-21-22)6-9-18(24)20-12-15-4-7-17(8-5-15)19(25)23-10-2-3-11-23/h4-5,7-8,13-14H,2-3,6,9-12H2,1H3,(H,20,24). The fourth-order valence-electron chi connectivity index (χ4n) is 3.02. The molecular weight excluding hydrogens is 316 g/mol. The van der Waals surface area contributed by atoms with Gasteiger partial charge in [0.15, 0.2) is 0 Å². The van der Waals surface area contributed by atoms with E-state index in [1.807, 2.05) is 42.4 Å². The number of benzene rings is 1. The number of carbonyl (C=O) groups is 2. The van der Waals surface area contributed by atoms with Gasteiger partial charge in [-0.05, 0) is 42.5 Å². The maximum absolute atomic E-state index is 12.3. The molecule has 0 saturated carbocycles. The van der Waals surface area contributed by atoms with E-state index < -0.39 is 0 Å². The highest BCUT2D eigenvalue weighted by atomic mass is 16.2. The van der Waals surface area contributed by atoms with E-state index in [0.717, 1.165) is 37.1 Å². The van der Waals surface area contributed by atoms with Gasteiger partial charge in [0, 0.05) is 44.9 Å². The normalized spacial score (nSPS) is 13.9. The second kappa shape index (κ2) is 7.96. The number of nitrogens with one attached hydrogen (secondary N) is 1. The molecule has 1 aromatic carbocycles. The minimum absolute atomic E-state index is 0.0149. The van der Waals surface area contributed by atoms with Crippen molar-refractivity contribution in [1.29, 1.82) is 0 Å². The van der Waals surface area contributed by atoms with E-state index in [0.29, 0.717) is 24.9 Å². The summed E-state index contributed by atoms with van der Waals surface area (Å²) in [5.74, 6) is 0.116. The molecule has 2 aromatic rings. The summed E-state index contributed by atoms with van der Waals surface area (Å²) >= 11 is 0. The van der Waals surface area contributed by atoms with Crippen LogP contribution in [-0.4, -0.2) is 39.6 Å². The Morgan fingerprint density at radius 2 is 1.84 bits per heavy atom. The molecular formula is C19H24N4O2. The van der Waals surface area contributed by atoms with Gasteiger partial charge in [-0.15, -0.1) is 0 Å². The second-order valence-electron chi connectivity index (χ2n) is 6.50. The van der Waals surface area contributed by atoms with Crippen LogP contribution in [0.1, 0.15) is 40.7 Å². The SMILES string of the molecule is Cn1cc(CCC(=O)NCc2ccc(C(=O)N3CCCC3)cc2)cn1. The molecule has 0 spiro atoms. The molecule has 132 valence electrons. The molecule has 0 radical (unpaired) electrons. The Labute approximate surface area is 147 Å². The molecule has 0 unspecified atom stereocenters. The van der Waals surface area contributed by atoms with Gasteiger partial charge in [0.25, 0.3) is 5.91 Å². The van der Waals surface area contributed by atoms with Gasteiger partial charge in [0.05, 0.1) is 6.20 Å². The summed E-state index contributed by atoms with van der Waals surface area (Å²) in [5, 5.41) is 7.01. The lowest BCUT2D eigenvalue weighted by molar-refractivity contribution is -0.121. The third kappa shape index (κ3) is 4.68. The molecule has 2 heterocycles. The van der Waals surface area contributed by atoms with E-state index in [9.17, 15) is 9.59 Å². The fourth-order valence-corrected chi connectivity index (χ4v) is 3.02. The molecule has 6 nitrogen and oxygen atoms in total. The molecule has 1 fully saturated rings. The third-order valence-electron chi connectivity index (χ3n) is 4.48. The van der Waals surface area contributed by atoms with Crippen LogP contribution in [-0.2, 0) is 24.8 Å². The molecule has 1 aliphatic rings. The van der Waals surface area contributed by atoms with Gasteiger partial charge in [0.1, 0.15) is 0 Å². The summed E-state index contributed by atoms with van der Waals surface area (Å²) in [6.45, 7) is 2.19. The zero-order chi connectivity index (χ0) is 17.6. The first-order chi connectivity index (χ1) is 12.1. The minimum atomic E-state index is 0.0149. The van der Waals surface area contributed by atoms with Crippen molar-refractivity contribution in [3.63, 3.8) is 0 Å². The highest BCUT2D eigenvalue weighted by Crippen LogP contribution is 2.13. The van der Waals surface area contributed by atoms with E-state index in [-0.39, 0.29) is 11.8 Å². The molecule has 6 heteroatoms. The Morgan fingerprint density at radius 1 is 1.12 bits per heavy atom. The van der Waals surface area contributed by atoms with Crippen molar-refractivity contribution in [3.05, 3.63) is 53.3 Å². The van der Waals surface area contributed by atoms with Crippen molar-refractivity contribution in [2.24, 2.45) is 7.05 Å². The van der Waals surface area contributed by atoms with Crippen LogP contribution < -0.4 is 5.32 Å². The average molecular weight is 340 g/mol. The van der Waals surface area contributed by atoms with Crippen molar-refractivity contribution in [1.82, 2.24) is 20.0 Å². The van der Waals surface area contributed by atoms with Crippen LogP contribution in [0, 0.1) is 0 Å². The van der Waals surface area contributed by atoms with Crippen LogP contribution >= 0.6 is 0 Å². The monoisotopic (exact) mass is 340 g/mol. The molecule has 0 aliphatic carbocycles. The number of hydrogen-bond donors (Lipinski definition) is 1. The predicted octanol–water partition coefficient (Wildman–Crippen LogP) is 1.91. The topological polar surface area (TPSA) is 67.2 Å². The summed E-state index contributed by atoms with van der Waals surface area (Å²) in [6.07, 6.45) is 7.01. The lowest BCUT2D eigenvalue weighted by Gasteiger charge is -2.15. The van der Waals surface area contributed by atoms with Gasteiger partial charge in [0.2, 0.25) is 5.91 Å². The third-order valence-corrected chi connectivity index (χ3v) is 4.48. The first kappa shape index (κ1) is 17.2. The Bertz CT molecular complexity index is 730. The van der Waals surface area contributed by atoms with E-state index in [1.165, 1.54) is 0 Å². The van der Waals surface area contributed by atoms with E-state index in [1.54, 1.807) is 10.9 Å². The number of carbonyl (C=O) groups excluding carboxylic acids is 2. The maximum Gasteiger partial charge on any atom is 0.253 e. The van der Waals surface area contributed by atoms with Crippen LogP contribution in [0.15, 0.2) is 36.7 Å². The van der Waals surface area contributed by atoms with Crippen LogP contribution in [0.2, 0.25) is 0 Å². The quantitative estimate of drug-likeness (QED) is 0.873. The van der Waals surface area contributed by atoms with Crippen molar-refractivity contribution in [3.8, 4) is 0 Å². The first-order valence-corrected chi connectivity index (χ1v) is 8.74. The highest BCUT2D eigenvalue weighted by Gasteiger charge is 2.19. The number of aryl methyl sites for hydroxylation is 2. The molecule has 25 heavy (non-hydrogen) atoms. The first-order valence-electron chi connectivity index (χ1n) is 8.74. The van der Waals surface area contributed by atoms with Crippen LogP contribution in [0.4, 0.5) is 0 Å². The Morgan fingerprint density at radius 3 is 2.48 bits per heavy atom. The number of likely N-dealkylation sites (tertiary alicyclic amines) is 1. The van der Waals surface area contributed by atoms with Crippen molar-refractivity contribution in [2.45, 2.75) is 32.2 Å². The molecule has 0 atom stereocenters. The Kier molecular flexibility index (Phi) is 5.48. The van der Waals surface area contributed by atoms with E-state index in [2.05, 4.69) is 10.4 Å². The van der Waals surface area contributed by atoms with Gasteiger partial charge >= 0.3 is 0 Å². The second-order valence-corrected chi connectivity index (χ2v) is 6.50. The summed E-state index contributed by atoms with van der Waals surface area (Å²) < 4.78 is 1.73. The van der Waals surface area contributed by atoms with E-state index in [4.69, 9.17) is 0 Å². The lowest BCUT2D eigenvalue weighted by atomic mass is 10.1. The Balaban J connectivity index is 1.44. The van der Waals surface area contributed by atoms with Gasteiger partial charge in [-0.25, -0.2) is 0 Å². The van der Waals surface area contributed by atoms with Crippen LogP contribution in [0.3, 0.4) is 0 Å². The molecule has 2 amide bonds. The molecule has 3 rings (SSSR count). The highest BCUT2D eigenvalue weighted by molar-refractivity contribution is 5.94. The van der Waals surface area contributed by atoms with Gasteiger partial charge in [-0.2, -0.15) is 5.10 Å². The van der Waals surface area contributed by atoms with Crippen LogP contribution in [0.5, 0.6) is 0 Å². The average Bonchev–Trinajstić information content (AvgIpc) is 3.30. The molecule has 1 aromatic heterocycles. The van der Waals surface area contributed by atoms with E-state index >= 15 is 0 Å². The van der Waals surface area contributed by atoms with Crippen molar-refractivity contribution in [2.75, 3.05) is 13.1 Å². The van der Waals surface area contributed by atoms with Gasteiger partial charge < -0.3 is 10.2 Å². The fraction of sp³-hybridized carbons (Fsp3) is 0.421. The smallest absolute Gasteiger partial charge is 0.253 e. The number of amides is 2. The maximum atomic E-state index is 12.3. The predicted molar refractivity (Wildman–Crippen MR) is 95.0 cm³/mol. The van der Waals surface area contributed by atoms with Crippen LogP contribution in [0.25, 0.3) is 0 Å². The summed E-state index contributed by atoms with van der Waals surface area (Å²) in [7, 11) is 1.86. The Hall–Kier alpha value is -2.63. The zero-order valence-electron chi connectivity index (χ0n) is 14.6. The van der Waals surface area contributed by atoms with Gasteiger partial charge in [-0.1, -0.05) is 12.1 Å². The summed E-state index contributed by atoms with van der Waals surface area (Å²) in [5.41, 5.74) is 2.77.